The van der Waals surface area contributed by atoms with Crippen LogP contribution in [0.25, 0.3) is 65.0 Å². The van der Waals surface area contributed by atoms with E-state index in [-0.39, 0.29) is 55.9 Å². The normalized spacial score (nSPS) is 16.4. The smallest absolute Gasteiger partial charge is 0.270 e. The first kappa shape index (κ1) is 83.0. The third-order valence-electron chi connectivity index (χ3n) is 24.6. The van der Waals surface area contributed by atoms with Crippen molar-refractivity contribution in [2.24, 2.45) is 0 Å². The van der Waals surface area contributed by atoms with E-state index in [1.165, 1.54) is 162 Å². The maximum atomic E-state index is 14.9. The maximum Gasteiger partial charge on any atom is 0.270 e. The minimum atomic E-state index is -1.18. The molecule has 0 bridgehead atoms. The summed E-state index contributed by atoms with van der Waals surface area (Å²) in [5.74, 6) is -5.85. The van der Waals surface area contributed by atoms with Crippen molar-refractivity contribution >= 4 is 114 Å². The molecular formula is C106H86F4N4O2S6. The highest BCUT2D eigenvalue weighted by Crippen LogP contribution is 2.65. The molecule has 4 aliphatic carbocycles. The second-order valence-corrected chi connectivity index (χ2v) is 38.8. The molecule has 0 amide bonds. The average molecular weight is 1720 g/mol. The second-order valence-electron chi connectivity index (χ2n) is 32.2. The van der Waals surface area contributed by atoms with Gasteiger partial charge in [-0.05, 0) is 250 Å². The molecule has 0 radical (unpaired) electrons. The van der Waals surface area contributed by atoms with E-state index in [9.17, 15) is 37.7 Å². The maximum absolute atomic E-state index is 14.9. The molecule has 0 atom stereocenters. The van der Waals surface area contributed by atoms with E-state index in [0.717, 1.165) is 138 Å². The quantitative estimate of drug-likeness (QED) is 0.0234. The number of nitrogens with zero attached hydrogens (tertiary/aromatic N) is 4. The summed E-state index contributed by atoms with van der Waals surface area (Å²) in [6.07, 6.45) is 27.1. The summed E-state index contributed by atoms with van der Waals surface area (Å²) in [4.78, 5) is 39.9. The van der Waals surface area contributed by atoms with Crippen LogP contribution >= 0.6 is 68.0 Å². The van der Waals surface area contributed by atoms with Gasteiger partial charge in [0.25, 0.3) is 11.4 Å². The van der Waals surface area contributed by atoms with Crippen LogP contribution < -0.4 is 18.1 Å². The molecule has 17 rings (SSSR count). The van der Waals surface area contributed by atoms with Crippen LogP contribution in [0.5, 0.6) is 0 Å². The number of hydrogen-bond acceptors (Lipinski definition) is 10. The fraction of sp³-hybridized carbons (Fsp3) is 0.245. The lowest BCUT2D eigenvalue weighted by Gasteiger charge is -2.35. The Kier molecular flexibility index (Phi) is 24.3. The predicted octanol–water partition coefficient (Wildman–Crippen LogP) is 26.5. The molecule has 0 aliphatic heterocycles. The van der Waals surface area contributed by atoms with E-state index in [1.54, 1.807) is 34.8 Å². The van der Waals surface area contributed by atoms with E-state index >= 15 is 0 Å². The number of carbonyl (C=O) groups is 2. The molecule has 6 nitrogen and oxygen atoms in total. The van der Waals surface area contributed by atoms with Crippen molar-refractivity contribution in [3.8, 4) is 33.0 Å². The van der Waals surface area contributed by atoms with Gasteiger partial charge in [-0.1, -0.05) is 202 Å². The SMILES string of the molecule is [C-]#[N+]/C(C#N)=C1\C(=c2\cc/c(=c3/cc/c(=C\c4cc5c(s4)-c4cc6c(cc4C5(c4ccc(CCCCCC)cc4)c4ccc(CCCCCC)cc4)-c4sc(/C=c5\cc/c(=c7/cc/c(=C8\C(=O)c9cc(F)c(F)cc9\C8=C(\C#N)[N+]#[C-])s7)s5)cc4C6(c4ccc(CCCCCC)cc4)c4ccc(CCCCCC)cc4)s3)s2)C(=O)c2cc(F)c(F)cc21. The zero-order valence-electron chi connectivity index (χ0n) is 68.3. The zero-order valence-corrected chi connectivity index (χ0v) is 73.2. The Labute approximate surface area is 732 Å². The lowest BCUT2D eigenvalue weighted by Crippen LogP contribution is -2.30. The minimum Gasteiger partial charge on any atom is -0.289 e. The van der Waals surface area contributed by atoms with Crippen LogP contribution in [-0.2, 0) is 36.5 Å². The monoisotopic (exact) mass is 1710 g/mol. The Morgan fingerprint density at radius 1 is 0.344 bits per heavy atom. The number of carbonyl (C=O) groups excluding carboxylic acids is 2. The van der Waals surface area contributed by atoms with Gasteiger partial charge in [0.15, 0.2) is 34.8 Å². The molecule has 4 aliphatic rings. The van der Waals surface area contributed by atoms with E-state index in [4.69, 9.17) is 13.1 Å². The number of benzene rings is 7. The molecule has 122 heavy (non-hydrogen) atoms. The van der Waals surface area contributed by atoms with E-state index in [0.29, 0.717) is 9.06 Å². The molecule has 7 aromatic carbocycles. The number of unbranched alkanes of at least 4 members (excludes halogenated alkanes) is 12. The largest absolute Gasteiger partial charge is 0.289 e. The van der Waals surface area contributed by atoms with Gasteiger partial charge in [-0.3, -0.25) is 9.59 Å². The summed E-state index contributed by atoms with van der Waals surface area (Å²) < 4.78 is 66.0. The molecule has 6 heterocycles. The number of halogens is 4. The number of fused-ring (bicyclic) bond motifs is 8. The molecule has 606 valence electrons. The highest BCUT2D eigenvalue weighted by atomic mass is 32.1. The van der Waals surface area contributed by atoms with E-state index in [1.807, 2.05) is 46.9 Å². The van der Waals surface area contributed by atoms with Gasteiger partial charge in [0.1, 0.15) is 0 Å². The summed E-state index contributed by atoms with van der Waals surface area (Å²) in [7, 11) is 0. The number of nitriles is 2. The number of allylic oxidation sites excluding steroid dienone is 4. The van der Waals surface area contributed by atoms with Gasteiger partial charge in [0, 0.05) is 89.2 Å². The first-order valence-corrected chi connectivity index (χ1v) is 47.3. The van der Waals surface area contributed by atoms with E-state index < -0.39 is 45.7 Å². The highest BCUT2D eigenvalue weighted by molar-refractivity contribution is 7.17. The number of rotatable bonds is 26. The highest BCUT2D eigenvalue weighted by Gasteiger charge is 2.53. The Hall–Kier alpha value is -11.3. The second kappa shape index (κ2) is 35.7. The van der Waals surface area contributed by atoms with Gasteiger partial charge >= 0.3 is 0 Å². The number of hydrogen-bond donors (Lipinski definition) is 0. The van der Waals surface area contributed by atoms with Crippen molar-refractivity contribution in [3.05, 3.63) is 387 Å². The van der Waals surface area contributed by atoms with Gasteiger partial charge < -0.3 is 0 Å². The average Bonchev–Trinajstić information content (AvgIpc) is 1.50. The standard InChI is InChI=1S/C106H86F4N4O2S6/c1-7-11-15-19-23-63-27-35-67(36-28-63)105(68-37-29-64(30-38-68)24-20-16-12-8-2)81-55-80-82(56-79(81)103-83(105)53-73(119-103)51-71-43-45-91(117-71)93-47-49-95(121-93)99-97(89(61-111)113-5)75-57-85(107)87(109)59-77(75)101(99)115)106(69-39-31-65(32-40-69)25-21-17-13-9-3,70-41-33-66(34-42-70)26-22-18-14-10-4)84-54-74(120-104(80)84)52-72-44-46-92(118-72)94-48-50-96(122-94)100-98(90(62-112)114-6)76-58-86(108)88(110)60-78(76)102(100)116/h27-60H,7-26H2,1-4H3/b71-51+,72-52+,93-91+,94-92+,97-89-,98-90+,99-95+,100-96+. The molecule has 0 fully saturated rings. The van der Waals surface area contributed by atoms with Crippen LogP contribution in [0.1, 0.15) is 239 Å². The first-order valence-electron chi connectivity index (χ1n) is 42.4. The van der Waals surface area contributed by atoms with Crippen LogP contribution in [0.15, 0.2) is 206 Å². The molecular weight excluding hydrogens is 1630 g/mol. The third-order valence-corrected chi connectivity index (χ3v) is 31.5. The van der Waals surface area contributed by atoms with Gasteiger partial charge in [-0.25, -0.2) is 37.8 Å². The Bertz CT molecular complexity index is 6530. The summed E-state index contributed by atoms with van der Waals surface area (Å²) in [6, 6.07) is 71.6. The molecule has 0 saturated carbocycles. The predicted molar refractivity (Wildman–Crippen MR) is 493 cm³/mol. The molecule has 0 saturated heterocycles. The van der Waals surface area contributed by atoms with Crippen molar-refractivity contribution in [2.75, 3.05) is 0 Å². The van der Waals surface area contributed by atoms with Gasteiger partial charge in [-0.2, -0.15) is 0 Å². The number of aryl methyl sites for hydroxylation is 4. The molecule has 0 unspecified atom stereocenters. The van der Waals surface area contributed by atoms with Crippen molar-refractivity contribution in [1.82, 2.24) is 0 Å². The first-order chi connectivity index (χ1) is 59.6. The Balaban J connectivity index is 0.886. The number of ketones is 2. The lowest BCUT2D eigenvalue weighted by molar-refractivity contribution is 0.105. The van der Waals surface area contributed by atoms with Crippen molar-refractivity contribution < 1.29 is 27.2 Å². The summed E-state index contributed by atoms with van der Waals surface area (Å²) >= 11 is 9.56. The van der Waals surface area contributed by atoms with Crippen LogP contribution in [-0.4, -0.2) is 11.6 Å². The lowest BCUT2D eigenvalue weighted by atomic mass is 9.65. The fourth-order valence-electron chi connectivity index (χ4n) is 18.6. The molecule has 6 aromatic heterocycles. The Morgan fingerprint density at radius 2 is 0.639 bits per heavy atom. The topological polar surface area (TPSA) is 90.4 Å². The third kappa shape index (κ3) is 15.1. The van der Waals surface area contributed by atoms with Crippen LogP contribution in [0.3, 0.4) is 0 Å². The van der Waals surface area contributed by atoms with E-state index in [2.05, 4.69) is 195 Å². The van der Waals surface area contributed by atoms with Crippen molar-refractivity contribution in [2.45, 2.75) is 167 Å². The molecule has 0 N–H and O–H groups in total. The fourth-order valence-corrected chi connectivity index (χ4v) is 25.4. The van der Waals surface area contributed by atoms with Gasteiger partial charge in [0.05, 0.1) is 36.1 Å². The van der Waals surface area contributed by atoms with Crippen LogP contribution in [0, 0.1) is 77.2 Å². The van der Waals surface area contributed by atoms with Gasteiger partial charge in [0.2, 0.25) is 0 Å². The Morgan fingerprint density at radius 3 is 0.943 bits per heavy atom. The van der Waals surface area contributed by atoms with Crippen molar-refractivity contribution in [1.29, 1.82) is 10.5 Å². The molecule has 13 aromatic rings. The number of thiophene rings is 6. The van der Waals surface area contributed by atoms with Crippen LogP contribution in [0.4, 0.5) is 17.6 Å². The van der Waals surface area contributed by atoms with Crippen LogP contribution in [0.2, 0.25) is 0 Å². The summed E-state index contributed by atoms with van der Waals surface area (Å²) in [5.41, 5.74) is 15.0. The summed E-state index contributed by atoms with van der Waals surface area (Å²) in [6.45, 7) is 24.8. The summed E-state index contributed by atoms with van der Waals surface area (Å²) in [5, 5.41) is 20.3. The van der Waals surface area contributed by atoms with Crippen molar-refractivity contribution in [3.63, 3.8) is 0 Å². The van der Waals surface area contributed by atoms with Gasteiger partial charge in [-0.15, -0.1) is 68.0 Å². The molecule has 0 spiro atoms. The zero-order chi connectivity index (χ0) is 84.5. The number of Topliss-reactive ketones (excluding diaryl/α,β-unsaturated/α-hetero) is 2. The minimum absolute atomic E-state index is 0.0100. The molecule has 16 heteroatoms.